The Balaban J connectivity index is 1.73. The summed E-state index contributed by atoms with van der Waals surface area (Å²) in [4.78, 5) is 25.3. The van der Waals surface area contributed by atoms with E-state index in [1.54, 1.807) is 6.20 Å². The van der Waals surface area contributed by atoms with Gasteiger partial charge < -0.3 is 15.1 Å². The van der Waals surface area contributed by atoms with Crippen LogP contribution in [0.3, 0.4) is 0 Å². The van der Waals surface area contributed by atoms with Crippen molar-refractivity contribution in [1.82, 2.24) is 9.97 Å². The molecule has 0 unspecified atom stereocenters. The fourth-order valence-electron chi connectivity index (χ4n) is 2.89. The maximum absolute atomic E-state index is 12.5. The average Bonchev–Trinajstić information content (AvgIpc) is 2.69. The first-order valence-corrected chi connectivity index (χ1v) is 9.23. The number of hydrogen-bond donors (Lipinski definition) is 1. The first-order chi connectivity index (χ1) is 13.5. The van der Waals surface area contributed by atoms with Crippen molar-refractivity contribution in [3.05, 3.63) is 72.2 Å². The first-order valence-electron chi connectivity index (χ1n) is 9.23. The second kappa shape index (κ2) is 8.52. The third-order valence-electron chi connectivity index (χ3n) is 4.42. The molecule has 0 radical (unpaired) electrons. The monoisotopic (exact) mass is 375 g/mol. The summed E-state index contributed by atoms with van der Waals surface area (Å²) < 4.78 is 0. The van der Waals surface area contributed by atoms with Crippen LogP contribution in [0.1, 0.15) is 23.0 Å². The van der Waals surface area contributed by atoms with Crippen LogP contribution >= 0.6 is 0 Å². The van der Waals surface area contributed by atoms with Crippen molar-refractivity contribution in [1.29, 1.82) is 0 Å². The van der Waals surface area contributed by atoms with Crippen LogP contribution in [0.4, 0.5) is 22.9 Å². The summed E-state index contributed by atoms with van der Waals surface area (Å²) >= 11 is 0. The maximum Gasteiger partial charge on any atom is 0.275 e. The summed E-state index contributed by atoms with van der Waals surface area (Å²) in [7, 11) is 3.95. The SMILES string of the molecule is CCN(c1cccc(C)c1)c1cnc(C(=O)Nc2ccc(N(C)C)cc2)cn1. The Labute approximate surface area is 165 Å². The molecule has 6 nitrogen and oxygen atoms in total. The summed E-state index contributed by atoms with van der Waals surface area (Å²) in [6, 6.07) is 15.8. The van der Waals surface area contributed by atoms with Gasteiger partial charge in [-0.2, -0.15) is 0 Å². The van der Waals surface area contributed by atoms with Crippen LogP contribution in [0, 0.1) is 6.92 Å². The molecule has 0 aliphatic carbocycles. The van der Waals surface area contributed by atoms with Gasteiger partial charge in [0.25, 0.3) is 5.91 Å². The van der Waals surface area contributed by atoms with Crippen molar-refractivity contribution >= 4 is 28.8 Å². The molecule has 6 heteroatoms. The minimum atomic E-state index is -0.282. The molecule has 0 saturated carbocycles. The molecule has 0 aliphatic rings. The molecule has 1 N–H and O–H groups in total. The smallest absolute Gasteiger partial charge is 0.275 e. The number of anilines is 4. The number of amides is 1. The molecule has 0 saturated heterocycles. The summed E-state index contributed by atoms with van der Waals surface area (Å²) in [5.74, 6) is 0.426. The highest BCUT2D eigenvalue weighted by atomic mass is 16.1. The molecule has 1 heterocycles. The zero-order chi connectivity index (χ0) is 20.1. The quantitative estimate of drug-likeness (QED) is 0.697. The zero-order valence-electron chi connectivity index (χ0n) is 16.7. The van der Waals surface area contributed by atoms with Crippen molar-refractivity contribution in [2.45, 2.75) is 13.8 Å². The molecule has 1 aromatic heterocycles. The zero-order valence-corrected chi connectivity index (χ0v) is 16.7. The normalized spacial score (nSPS) is 10.4. The molecule has 28 heavy (non-hydrogen) atoms. The fraction of sp³-hybridized carbons (Fsp3) is 0.227. The summed E-state index contributed by atoms with van der Waals surface area (Å²) in [5, 5.41) is 2.85. The first kappa shape index (κ1) is 19.4. The molecular formula is C22H25N5O. The van der Waals surface area contributed by atoms with E-state index in [-0.39, 0.29) is 11.6 Å². The highest BCUT2D eigenvalue weighted by molar-refractivity contribution is 6.02. The van der Waals surface area contributed by atoms with Crippen molar-refractivity contribution in [3.63, 3.8) is 0 Å². The van der Waals surface area contributed by atoms with Crippen LogP contribution in [0.15, 0.2) is 60.9 Å². The molecule has 2 aromatic carbocycles. The van der Waals surface area contributed by atoms with Gasteiger partial charge in [0.15, 0.2) is 5.82 Å². The molecular weight excluding hydrogens is 350 g/mol. The lowest BCUT2D eigenvalue weighted by Gasteiger charge is -2.22. The predicted octanol–water partition coefficient (Wildman–Crippen LogP) is 4.26. The predicted molar refractivity (Wildman–Crippen MR) is 115 cm³/mol. The average molecular weight is 375 g/mol. The van der Waals surface area contributed by atoms with E-state index in [4.69, 9.17) is 0 Å². The van der Waals surface area contributed by atoms with Crippen molar-refractivity contribution in [3.8, 4) is 0 Å². The van der Waals surface area contributed by atoms with E-state index in [2.05, 4.69) is 46.2 Å². The molecule has 1 amide bonds. The Morgan fingerprint density at radius 1 is 1.00 bits per heavy atom. The number of rotatable bonds is 6. The van der Waals surface area contributed by atoms with E-state index < -0.39 is 0 Å². The van der Waals surface area contributed by atoms with Gasteiger partial charge in [-0.15, -0.1) is 0 Å². The number of hydrogen-bond acceptors (Lipinski definition) is 5. The van der Waals surface area contributed by atoms with Gasteiger partial charge in [-0.3, -0.25) is 4.79 Å². The van der Waals surface area contributed by atoms with Gasteiger partial charge >= 0.3 is 0 Å². The molecule has 0 bridgehead atoms. The Morgan fingerprint density at radius 2 is 1.75 bits per heavy atom. The van der Waals surface area contributed by atoms with Crippen molar-refractivity contribution in [2.24, 2.45) is 0 Å². The lowest BCUT2D eigenvalue weighted by atomic mass is 10.2. The topological polar surface area (TPSA) is 61.4 Å². The molecule has 0 spiro atoms. The molecule has 0 aliphatic heterocycles. The van der Waals surface area contributed by atoms with Gasteiger partial charge in [0.1, 0.15) is 5.69 Å². The number of carbonyl (C=O) groups excluding carboxylic acids is 1. The Morgan fingerprint density at radius 3 is 2.32 bits per heavy atom. The van der Waals surface area contributed by atoms with Crippen molar-refractivity contribution < 1.29 is 4.79 Å². The van der Waals surface area contributed by atoms with Crippen LogP contribution in [-0.4, -0.2) is 36.5 Å². The molecule has 144 valence electrons. The second-order valence-corrected chi connectivity index (χ2v) is 6.74. The van der Waals surface area contributed by atoms with E-state index >= 15 is 0 Å². The fourth-order valence-corrected chi connectivity index (χ4v) is 2.89. The number of nitrogens with zero attached hydrogens (tertiary/aromatic N) is 4. The molecule has 3 aromatic rings. The van der Waals surface area contributed by atoms with E-state index in [1.807, 2.05) is 55.4 Å². The van der Waals surface area contributed by atoms with E-state index in [1.165, 1.54) is 11.8 Å². The van der Waals surface area contributed by atoms with Crippen LogP contribution < -0.4 is 15.1 Å². The van der Waals surface area contributed by atoms with Gasteiger partial charge in [-0.05, 0) is 55.8 Å². The number of benzene rings is 2. The molecule has 3 rings (SSSR count). The second-order valence-electron chi connectivity index (χ2n) is 6.74. The maximum atomic E-state index is 12.5. The number of nitrogens with one attached hydrogen (secondary N) is 1. The summed E-state index contributed by atoms with van der Waals surface area (Å²) in [6.07, 6.45) is 3.15. The number of carbonyl (C=O) groups is 1. The third-order valence-corrected chi connectivity index (χ3v) is 4.42. The summed E-state index contributed by atoms with van der Waals surface area (Å²) in [5.41, 5.74) is 4.30. The standard InChI is InChI=1S/C22H25N5O/c1-5-27(19-8-6-7-16(2)13-19)21-15-23-20(14-24-21)22(28)25-17-9-11-18(12-10-17)26(3)4/h6-15H,5H2,1-4H3,(H,25,28). The van der Waals surface area contributed by atoms with Crippen LogP contribution in [0.25, 0.3) is 0 Å². The Bertz CT molecular complexity index is 936. The van der Waals surface area contributed by atoms with E-state index in [0.29, 0.717) is 5.82 Å². The van der Waals surface area contributed by atoms with E-state index in [9.17, 15) is 4.79 Å². The minimum absolute atomic E-state index is 0.278. The number of aryl methyl sites for hydroxylation is 1. The van der Waals surface area contributed by atoms with Gasteiger partial charge in [-0.25, -0.2) is 9.97 Å². The van der Waals surface area contributed by atoms with Gasteiger partial charge in [0, 0.05) is 37.7 Å². The van der Waals surface area contributed by atoms with Crippen LogP contribution in [0.5, 0.6) is 0 Å². The Kier molecular flexibility index (Phi) is 5.89. The minimum Gasteiger partial charge on any atom is -0.378 e. The van der Waals surface area contributed by atoms with Gasteiger partial charge in [-0.1, -0.05) is 12.1 Å². The largest absolute Gasteiger partial charge is 0.378 e. The van der Waals surface area contributed by atoms with Crippen molar-refractivity contribution in [2.75, 3.05) is 35.8 Å². The number of aromatic nitrogens is 2. The van der Waals surface area contributed by atoms with Gasteiger partial charge in [0.2, 0.25) is 0 Å². The van der Waals surface area contributed by atoms with Crippen LogP contribution in [0.2, 0.25) is 0 Å². The lowest BCUT2D eigenvalue weighted by molar-refractivity contribution is 0.102. The molecule has 0 atom stereocenters. The highest BCUT2D eigenvalue weighted by Gasteiger charge is 2.13. The third kappa shape index (κ3) is 4.46. The van der Waals surface area contributed by atoms with E-state index in [0.717, 1.165) is 23.6 Å². The lowest BCUT2D eigenvalue weighted by Crippen LogP contribution is -2.19. The van der Waals surface area contributed by atoms with Gasteiger partial charge in [0.05, 0.1) is 12.4 Å². The van der Waals surface area contributed by atoms with Crippen LogP contribution in [-0.2, 0) is 0 Å². The Hall–Kier alpha value is -3.41. The highest BCUT2D eigenvalue weighted by Crippen LogP contribution is 2.23. The molecule has 0 fully saturated rings. The summed E-state index contributed by atoms with van der Waals surface area (Å²) in [6.45, 7) is 4.87.